The van der Waals surface area contributed by atoms with Crippen molar-refractivity contribution in [1.82, 2.24) is 0 Å². The van der Waals surface area contributed by atoms with E-state index >= 15 is 0 Å². The van der Waals surface area contributed by atoms with Gasteiger partial charge < -0.3 is 5.11 Å². The van der Waals surface area contributed by atoms with E-state index in [0.29, 0.717) is 0 Å². The van der Waals surface area contributed by atoms with Crippen LogP contribution in [0.15, 0.2) is 23.8 Å². The second-order valence-electron chi connectivity index (χ2n) is 3.16. The molecule has 0 atom stereocenters. The molecule has 1 rings (SSSR count). The number of hydrogen-bond donors (Lipinski definition) is 1. The summed E-state index contributed by atoms with van der Waals surface area (Å²) in [5, 5.41) is 8.70. The van der Waals surface area contributed by atoms with Crippen LogP contribution in [0.25, 0.3) is 5.57 Å². The fourth-order valence-corrected chi connectivity index (χ4v) is 1.16. The second-order valence-corrected chi connectivity index (χ2v) is 3.16. The van der Waals surface area contributed by atoms with Crippen LogP contribution in [0.1, 0.15) is 19.4 Å². The monoisotopic (exact) mass is 212 g/mol. The van der Waals surface area contributed by atoms with E-state index in [-0.39, 0.29) is 16.7 Å². The Hall–Kier alpha value is -1.71. The molecule has 1 aromatic carbocycles. The molecular formula is C11H10F2O2. The van der Waals surface area contributed by atoms with Crippen molar-refractivity contribution in [3.8, 4) is 0 Å². The highest BCUT2D eigenvalue weighted by Crippen LogP contribution is 2.22. The molecule has 0 fully saturated rings. The predicted molar refractivity (Wildman–Crippen MR) is 52.3 cm³/mol. The van der Waals surface area contributed by atoms with Crippen LogP contribution in [0.4, 0.5) is 8.78 Å². The molecule has 0 aliphatic rings. The van der Waals surface area contributed by atoms with Gasteiger partial charge in [-0.15, -0.1) is 0 Å². The third kappa shape index (κ3) is 2.21. The number of carboxylic acids is 1. The van der Waals surface area contributed by atoms with Crippen molar-refractivity contribution >= 4 is 11.5 Å². The van der Waals surface area contributed by atoms with Gasteiger partial charge in [-0.05, 0) is 25.5 Å². The van der Waals surface area contributed by atoms with Crippen molar-refractivity contribution in [2.75, 3.05) is 0 Å². The van der Waals surface area contributed by atoms with Crippen molar-refractivity contribution in [2.45, 2.75) is 13.8 Å². The van der Waals surface area contributed by atoms with Gasteiger partial charge in [-0.1, -0.05) is 12.1 Å². The molecule has 0 saturated heterocycles. The zero-order chi connectivity index (χ0) is 11.6. The minimum atomic E-state index is -1.14. The first kappa shape index (κ1) is 11.4. The third-order valence-corrected chi connectivity index (χ3v) is 2.24. The third-order valence-electron chi connectivity index (χ3n) is 2.24. The van der Waals surface area contributed by atoms with Gasteiger partial charge >= 0.3 is 5.97 Å². The number of benzene rings is 1. The van der Waals surface area contributed by atoms with Gasteiger partial charge in [-0.25, -0.2) is 13.6 Å². The van der Waals surface area contributed by atoms with Crippen LogP contribution >= 0.6 is 0 Å². The highest BCUT2D eigenvalue weighted by molar-refractivity contribution is 5.95. The van der Waals surface area contributed by atoms with Gasteiger partial charge in [0.05, 0.1) is 0 Å². The standard InChI is InChI=1S/C11H10F2O2/c1-6(7(2)11(14)15)8-4-3-5-9(12)10(8)13/h3-5H,1-2H3,(H,14,15)/b7-6+. The number of halogens is 2. The van der Waals surface area contributed by atoms with Crippen LogP contribution in [-0.2, 0) is 4.79 Å². The summed E-state index contributed by atoms with van der Waals surface area (Å²) in [5.41, 5.74) is 0.203. The molecule has 0 bridgehead atoms. The molecule has 0 aliphatic carbocycles. The van der Waals surface area contributed by atoms with Gasteiger partial charge in [0.1, 0.15) is 0 Å². The number of carboxylic acid groups (broad SMARTS) is 1. The fourth-order valence-electron chi connectivity index (χ4n) is 1.16. The average Bonchev–Trinajstić information content (AvgIpc) is 2.20. The fraction of sp³-hybridized carbons (Fsp3) is 0.182. The lowest BCUT2D eigenvalue weighted by Gasteiger charge is -2.06. The minimum Gasteiger partial charge on any atom is -0.478 e. The van der Waals surface area contributed by atoms with E-state index in [9.17, 15) is 13.6 Å². The van der Waals surface area contributed by atoms with Crippen LogP contribution in [0, 0.1) is 11.6 Å². The summed E-state index contributed by atoms with van der Waals surface area (Å²) in [6, 6.07) is 3.68. The Bertz CT molecular complexity index is 436. The second kappa shape index (κ2) is 4.21. The van der Waals surface area contributed by atoms with Crippen LogP contribution in [0.5, 0.6) is 0 Å². The SMILES string of the molecule is C/C(C(=O)O)=C(/C)c1cccc(F)c1F. The van der Waals surface area contributed by atoms with Gasteiger partial charge in [0.25, 0.3) is 0 Å². The number of carbonyl (C=O) groups is 1. The molecule has 0 unspecified atom stereocenters. The molecule has 0 heterocycles. The summed E-state index contributed by atoms with van der Waals surface area (Å²) in [7, 11) is 0. The van der Waals surface area contributed by atoms with Gasteiger partial charge in [0.15, 0.2) is 11.6 Å². The zero-order valence-corrected chi connectivity index (χ0v) is 8.34. The maximum Gasteiger partial charge on any atom is 0.331 e. The summed E-state index contributed by atoms with van der Waals surface area (Å²) in [6.07, 6.45) is 0. The van der Waals surface area contributed by atoms with Crippen LogP contribution < -0.4 is 0 Å². The molecule has 15 heavy (non-hydrogen) atoms. The maximum absolute atomic E-state index is 13.3. The van der Waals surface area contributed by atoms with Crippen molar-refractivity contribution < 1.29 is 18.7 Å². The summed E-state index contributed by atoms with van der Waals surface area (Å²) < 4.78 is 26.1. The van der Waals surface area contributed by atoms with E-state index in [1.165, 1.54) is 26.0 Å². The zero-order valence-electron chi connectivity index (χ0n) is 8.34. The molecule has 0 radical (unpaired) electrons. The summed E-state index contributed by atoms with van der Waals surface area (Å²) >= 11 is 0. The highest BCUT2D eigenvalue weighted by atomic mass is 19.2. The van der Waals surface area contributed by atoms with Crippen molar-refractivity contribution in [2.24, 2.45) is 0 Å². The van der Waals surface area contributed by atoms with E-state index in [0.717, 1.165) is 6.07 Å². The lowest BCUT2D eigenvalue weighted by atomic mass is 10.0. The molecule has 1 aromatic rings. The van der Waals surface area contributed by atoms with Crippen molar-refractivity contribution in [3.63, 3.8) is 0 Å². The van der Waals surface area contributed by atoms with Gasteiger partial charge in [-0.3, -0.25) is 0 Å². The van der Waals surface area contributed by atoms with E-state index in [4.69, 9.17) is 5.11 Å². The largest absolute Gasteiger partial charge is 0.478 e. The summed E-state index contributed by atoms with van der Waals surface area (Å²) in [4.78, 5) is 10.6. The van der Waals surface area contributed by atoms with E-state index in [2.05, 4.69) is 0 Å². The molecule has 80 valence electrons. The molecule has 0 spiro atoms. The lowest BCUT2D eigenvalue weighted by Crippen LogP contribution is -2.01. The predicted octanol–water partition coefficient (Wildman–Crippen LogP) is 2.84. The van der Waals surface area contributed by atoms with Crippen LogP contribution in [0.3, 0.4) is 0 Å². The highest BCUT2D eigenvalue weighted by Gasteiger charge is 2.13. The molecule has 2 nitrogen and oxygen atoms in total. The van der Waals surface area contributed by atoms with Gasteiger partial charge in [0, 0.05) is 11.1 Å². The summed E-state index contributed by atoms with van der Waals surface area (Å²) in [6.45, 7) is 2.79. The first-order chi connectivity index (χ1) is 6.95. The van der Waals surface area contributed by atoms with E-state index in [1.54, 1.807) is 0 Å². The Morgan fingerprint density at radius 1 is 1.27 bits per heavy atom. The number of hydrogen-bond acceptors (Lipinski definition) is 1. The first-order valence-corrected chi connectivity index (χ1v) is 4.30. The van der Waals surface area contributed by atoms with E-state index < -0.39 is 17.6 Å². The molecule has 1 N–H and O–H groups in total. The molecular weight excluding hydrogens is 202 g/mol. The Labute approximate surface area is 85.9 Å². The van der Waals surface area contributed by atoms with Crippen molar-refractivity contribution in [3.05, 3.63) is 41.0 Å². The average molecular weight is 212 g/mol. The summed E-state index contributed by atoms with van der Waals surface area (Å²) in [5.74, 6) is -3.14. The van der Waals surface area contributed by atoms with Gasteiger partial charge in [-0.2, -0.15) is 0 Å². The molecule has 0 aliphatic heterocycles. The maximum atomic E-state index is 13.3. The number of allylic oxidation sites excluding steroid dienone is 1. The molecule has 0 saturated carbocycles. The van der Waals surface area contributed by atoms with Crippen molar-refractivity contribution in [1.29, 1.82) is 0 Å². The Kier molecular flexibility index (Phi) is 3.19. The van der Waals surface area contributed by atoms with Crippen LogP contribution in [0.2, 0.25) is 0 Å². The quantitative estimate of drug-likeness (QED) is 0.765. The number of aliphatic carboxylic acids is 1. The minimum absolute atomic E-state index is 0.000463. The Morgan fingerprint density at radius 2 is 1.87 bits per heavy atom. The van der Waals surface area contributed by atoms with E-state index in [1.807, 2.05) is 0 Å². The smallest absolute Gasteiger partial charge is 0.331 e. The molecule has 0 aromatic heterocycles. The topological polar surface area (TPSA) is 37.3 Å². The lowest BCUT2D eigenvalue weighted by molar-refractivity contribution is -0.132. The normalized spacial score (nSPS) is 12.3. The molecule has 4 heteroatoms. The van der Waals surface area contributed by atoms with Gasteiger partial charge in [0.2, 0.25) is 0 Å². The Morgan fingerprint density at radius 3 is 2.40 bits per heavy atom. The first-order valence-electron chi connectivity index (χ1n) is 4.30. The Balaban J connectivity index is 3.35. The molecule has 0 amide bonds. The van der Waals surface area contributed by atoms with Crippen LogP contribution in [-0.4, -0.2) is 11.1 Å². The number of rotatable bonds is 2.